The zero-order valence-electron chi connectivity index (χ0n) is 21.6. The molecule has 0 saturated carbocycles. The van der Waals surface area contributed by atoms with E-state index in [9.17, 15) is 13.6 Å². The summed E-state index contributed by atoms with van der Waals surface area (Å²) >= 11 is 12.5. The highest BCUT2D eigenvalue weighted by molar-refractivity contribution is 6.30. The molecular weight excluding hydrogens is 553 g/mol. The van der Waals surface area contributed by atoms with Crippen molar-refractivity contribution >= 4 is 40.5 Å². The van der Waals surface area contributed by atoms with Crippen LogP contribution in [0, 0.1) is 11.6 Å². The van der Waals surface area contributed by atoms with E-state index in [4.69, 9.17) is 27.9 Å². The van der Waals surface area contributed by atoms with Gasteiger partial charge in [0.2, 0.25) is 0 Å². The number of esters is 1. The minimum atomic E-state index is -0.705. The Morgan fingerprint density at radius 2 is 1.48 bits per heavy atom. The molecule has 1 aliphatic rings. The van der Waals surface area contributed by atoms with Gasteiger partial charge >= 0.3 is 5.97 Å². The van der Waals surface area contributed by atoms with Crippen LogP contribution in [0.15, 0.2) is 108 Å². The Morgan fingerprint density at radius 1 is 0.875 bits per heavy atom. The number of hydrogen-bond acceptors (Lipinski definition) is 4. The first-order valence-corrected chi connectivity index (χ1v) is 13.6. The van der Waals surface area contributed by atoms with E-state index in [-0.39, 0.29) is 12.6 Å². The summed E-state index contributed by atoms with van der Waals surface area (Å²) in [5.41, 5.74) is 3.61. The maximum absolute atomic E-state index is 14.7. The molecule has 4 nitrogen and oxygen atoms in total. The monoisotopic (exact) mass is 578 g/mol. The highest BCUT2D eigenvalue weighted by atomic mass is 35.5. The molecule has 1 N–H and O–H groups in total. The van der Waals surface area contributed by atoms with Gasteiger partial charge in [-0.3, -0.25) is 0 Å². The van der Waals surface area contributed by atoms with Crippen LogP contribution < -0.4 is 10.2 Å². The van der Waals surface area contributed by atoms with Gasteiger partial charge in [0.15, 0.2) is 0 Å². The number of hydrogen-bond donors (Lipinski definition) is 1. The third-order valence-electron chi connectivity index (χ3n) is 6.77. The molecule has 1 heterocycles. The van der Waals surface area contributed by atoms with Crippen LogP contribution in [0.3, 0.4) is 0 Å². The zero-order valence-corrected chi connectivity index (χ0v) is 23.1. The van der Waals surface area contributed by atoms with Gasteiger partial charge in [0.25, 0.3) is 0 Å². The topological polar surface area (TPSA) is 41.6 Å². The van der Waals surface area contributed by atoms with Crippen LogP contribution in [0.2, 0.25) is 10.0 Å². The van der Waals surface area contributed by atoms with Crippen LogP contribution in [0.25, 0.3) is 0 Å². The van der Waals surface area contributed by atoms with E-state index in [2.05, 4.69) is 5.32 Å². The van der Waals surface area contributed by atoms with Gasteiger partial charge in [0.05, 0.1) is 24.3 Å². The van der Waals surface area contributed by atoms with Crippen LogP contribution in [0.4, 0.5) is 20.2 Å². The Kier molecular flexibility index (Phi) is 8.38. The highest BCUT2D eigenvalue weighted by Crippen LogP contribution is 2.48. The molecule has 4 aromatic carbocycles. The van der Waals surface area contributed by atoms with Crippen molar-refractivity contribution in [2.75, 3.05) is 16.8 Å². The van der Waals surface area contributed by atoms with Gasteiger partial charge in [-0.2, -0.15) is 0 Å². The molecule has 0 spiro atoms. The number of anilines is 2. The average Bonchev–Trinajstić information content (AvgIpc) is 2.93. The third kappa shape index (κ3) is 5.98. The minimum absolute atomic E-state index is 0.156. The van der Waals surface area contributed by atoms with Gasteiger partial charge < -0.3 is 15.0 Å². The van der Waals surface area contributed by atoms with Crippen molar-refractivity contribution in [1.29, 1.82) is 0 Å². The second kappa shape index (κ2) is 12.1. The van der Waals surface area contributed by atoms with E-state index in [0.717, 1.165) is 11.1 Å². The highest BCUT2D eigenvalue weighted by Gasteiger charge is 2.42. The van der Waals surface area contributed by atoms with Crippen LogP contribution in [0.5, 0.6) is 0 Å². The molecule has 0 unspecified atom stereocenters. The van der Waals surface area contributed by atoms with E-state index >= 15 is 0 Å². The summed E-state index contributed by atoms with van der Waals surface area (Å²) in [6.45, 7) is 1.89. The second-order valence-corrected chi connectivity index (χ2v) is 10.2. The first-order chi connectivity index (χ1) is 19.3. The van der Waals surface area contributed by atoms with Gasteiger partial charge in [-0.1, -0.05) is 59.6 Å². The molecule has 1 aliphatic heterocycles. The van der Waals surface area contributed by atoms with Gasteiger partial charge in [0, 0.05) is 33.5 Å². The zero-order chi connectivity index (χ0) is 28.2. The van der Waals surface area contributed by atoms with E-state index in [0.29, 0.717) is 39.1 Å². The fraction of sp³-hybridized carbons (Fsp3) is 0.156. The van der Waals surface area contributed by atoms with Gasteiger partial charge in [-0.15, -0.1) is 0 Å². The molecule has 40 heavy (non-hydrogen) atoms. The van der Waals surface area contributed by atoms with Crippen molar-refractivity contribution in [3.8, 4) is 0 Å². The van der Waals surface area contributed by atoms with E-state index in [1.165, 1.54) is 24.3 Å². The molecular formula is C32H26Cl2F2N2O2. The molecule has 8 heteroatoms. The van der Waals surface area contributed by atoms with Gasteiger partial charge in [0.1, 0.15) is 11.6 Å². The molecule has 4 aromatic rings. The molecule has 5 rings (SSSR count). The van der Waals surface area contributed by atoms with Crippen molar-refractivity contribution in [2.45, 2.75) is 25.4 Å². The summed E-state index contributed by atoms with van der Waals surface area (Å²) < 4.78 is 34.4. The molecule has 0 bridgehead atoms. The average molecular weight is 579 g/mol. The van der Waals surface area contributed by atoms with E-state index < -0.39 is 23.6 Å². The lowest BCUT2D eigenvalue weighted by atomic mass is 9.84. The first-order valence-electron chi connectivity index (χ1n) is 12.8. The predicted octanol–water partition coefficient (Wildman–Crippen LogP) is 8.89. The van der Waals surface area contributed by atoms with Crippen LogP contribution in [-0.4, -0.2) is 12.6 Å². The molecule has 0 fully saturated rings. The van der Waals surface area contributed by atoms with Crippen molar-refractivity contribution in [2.24, 2.45) is 0 Å². The number of carbonyl (C=O) groups is 1. The fourth-order valence-corrected chi connectivity index (χ4v) is 5.34. The van der Waals surface area contributed by atoms with Gasteiger partial charge in [-0.05, 0) is 78.7 Å². The quantitative estimate of drug-likeness (QED) is 0.222. The van der Waals surface area contributed by atoms with Crippen LogP contribution in [-0.2, 0) is 9.53 Å². The lowest BCUT2D eigenvalue weighted by molar-refractivity contribution is -0.139. The Bertz CT molecular complexity index is 1540. The van der Waals surface area contributed by atoms with Crippen molar-refractivity contribution in [3.05, 3.63) is 141 Å². The summed E-state index contributed by atoms with van der Waals surface area (Å²) in [7, 11) is 0. The number of ether oxygens (including phenoxy) is 1. The molecule has 0 amide bonds. The fourth-order valence-electron chi connectivity index (χ4n) is 5.09. The third-order valence-corrected chi connectivity index (χ3v) is 7.28. The number of halogens is 4. The Morgan fingerprint density at radius 3 is 2.08 bits per heavy atom. The SMILES string of the molecule is CCOC(=O)C1=C(Nc2cccc(F)c2)C[C@@H](c2ccc(Cl)cc2)N(c2cccc(F)c2)[C@@H]1c1ccc(Cl)cc1. The van der Waals surface area contributed by atoms with E-state index in [1.54, 1.807) is 49.4 Å². The second-order valence-electron chi connectivity index (χ2n) is 9.36. The Hall–Kier alpha value is -3.87. The lowest BCUT2D eigenvalue weighted by Crippen LogP contribution is -2.41. The minimum Gasteiger partial charge on any atom is -0.463 e. The standard InChI is InChI=1S/C32H26Cl2F2N2O2/c1-2-40-32(39)30-28(37-26-7-3-5-24(35)17-26)19-29(20-9-13-22(33)14-10-20)38(27-8-4-6-25(36)18-27)31(30)21-11-15-23(34)16-12-21/h3-18,29,31,37H,2,19H2,1H3/t29-,31+/m0/s1. The predicted molar refractivity (Wildman–Crippen MR) is 156 cm³/mol. The maximum atomic E-state index is 14.7. The number of rotatable bonds is 7. The maximum Gasteiger partial charge on any atom is 0.338 e. The summed E-state index contributed by atoms with van der Waals surface area (Å²) in [5, 5.41) is 4.41. The van der Waals surface area contributed by atoms with Crippen LogP contribution in [0.1, 0.15) is 36.6 Å². The molecule has 0 aromatic heterocycles. The molecule has 0 aliphatic carbocycles. The van der Waals surface area contributed by atoms with Crippen LogP contribution >= 0.6 is 23.2 Å². The van der Waals surface area contributed by atoms with Crippen molar-refractivity contribution < 1.29 is 18.3 Å². The summed E-state index contributed by atoms with van der Waals surface area (Å²) in [6.07, 6.45) is 0.312. The number of benzene rings is 4. The van der Waals surface area contributed by atoms with Crippen molar-refractivity contribution in [1.82, 2.24) is 0 Å². The summed E-state index contributed by atoms with van der Waals surface area (Å²) in [6, 6.07) is 25.8. The number of nitrogens with one attached hydrogen (secondary N) is 1. The molecule has 204 valence electrons. The van der Waals surface area contributed by atoms with Gasteiger partial charge in [-0.25, -0.2) is 13.6 Å². The number of nitrogens with zero attached hydrogens (tertiary/aromatic N) is 1. The molecule has 0 saturated heterocycles. The summed E-state index contributed by atoms with van der Waals surface area (Å²) in [4.78, 5) is 15.7. The first kappa shape index (κ1) is 27.7. The Labute approximate surface area is 241 Å². The van der Waals surface area contributed by atoms with Crippen molar-refractivity contribution in [3.63, 3.8) is 0 Å². The summed E-state index contributed by atoms with van der Waals surface area (Å²) in [5.74, 6) is -1.35. The normalized spacial score (nSPS) is 17.1. The molecule has 0 radical (unpaired) electrons. The molecule has 2 atom stereocenters. The lowest BCUT2D eigenvalue weighted by Gasteiger charge is -2.46. The number of carbonyl (C=O) groups excluding carboxylic acids is 1. The van der Waals surface area contributed by atoms with E-state index in [1.807, 2.05) is 35.2 Å². The Balaban J connectivity index is 1.79. The smallest absolute Gasteiger partial charge is 0.338 e. The largest absolute Gasteiger partial charge is 0.463 e.